The lowest BCUT2D eigenvalue weighted by atomic mass is 10.1. The van der Waals surface area contributed by atoms with Gasteiger partial charge in [0.25, 0.3) is 11.5 Å². The Morgan fingerprint density at radius 2 is 1.88 bits per heavy atom. The van der Waals surface area contributed by atoms with E-state index in [4.69, 9.17) is 0 Å². The highest BCUT2D eigenvalue weighted by Gasteiger charge is 2.16. The average molecular weight is 464 g/mol. The maximum atomic E-state index is 12.3. The lowest BCUT2D eigenvalue weighted by Crippen LogP contribution is -2.32. The smallest absolute Gasteiger partial charge is 0.253 e. The second-order valence-corrected chi connectivity index (χ2v) is 9.61. The summed E-state index contributed by atoms with van der Waals surface area (Å²) in [5, 5.41) is 8.58. The van der Waals surface area contributed by atoms with Gasteiger partial charge in [0, 0.05) is 42.0 Å². The molecule has 0 spiro atoms. The molecule has 170 valence electrons. The number of amides is 2. The van der Waals surface area contributed by atoms with Gasteiger partial charge in [-0.2, -0.15) is 0 Å². The van der Waals surface area contributed by atoms with Crippen molar-refractivity contribution >= 4 is 39.2 Å². The minimum atomic E-state index is -0.361. The van der Waals surface area contributed by atoms with Crippen LogP contribution in [0, 0.1) is 0 Å². The first-order valence-electron chi connectivity index (χ1n) is 10.4. The van der Waals surface area contributed by atoms with Crippen LogP contribution in [0.3, 0.4) is 0 Å². The van der Waals surface area contributed by atoms with Crippen molar-refractivity contribution in [3.05, 3.63) is 70.1 Å². The van der Waals surface area contributed by atoms with Crippen LogP contribution in [-0.2, 0) is 17.4 Å². The number of aryl methyl sites for hydroxylation is 1. The maximum Gasteiger partial charge on any atom is 0.253 e. The molecule has 0 unspecified atom stereocenters. The fourth-order valence-corrected chi connectivity index (χ4v) is 4.10. The van der Waals surface area contributed by atoms with Crippen molar-refractivity contribution in [3.8, 4) is 11.3 Å². The molecule has 9 heteroatoms. The van der Waals surface area contributed by atoms with Crippen molar-refractivity contribution in [3.63, 3.8) is 0 Å². The highest BCUT2D eigenvalue weighted by atomic mass is 32.1. The monoisotopic (exact) mass is 463 g/mol. The van der Waals surface area contributed by atoms with Gasteiger partial charge in [0.2, 0.25) is 5.91 Å². The van der Waals surface area contributed by atoms with E-state index < -0.39 is 0 Å². The number of carbonyl (C=O) groups excluding carboxylic acids is 2. The Bertz CT molecular complexity index is 1410. The Kier molecular flexibility index (Phi) is 5.90. The number of benzene rings is 1. The lowest BCUT2D eigenvalue weighted by Gasteiger charge is -2.20. The van der Waals surface area contributed by atoms with Crippen LogP contribution in [-0.4, -0.2) is 32.5 Å². The first-order valence-corrected chi connectivity index (χ1v) is 11.3. The third-order valence-corrected chi connectivity index (χ3v) is 6.07. The topological polar surface area (TPSA) is 98.0 Å². The Balaban J connectivity index is 1.39. The van der Waals surface area contributed by atoms with E-state index in [0.717, 1.165) is 16.5 Å². The van der Waals surface area contributed by atoms with Crippen LogP contribution in [0.25, 0.3) is 22.2 Å². The number of hydrogen-bond acceptors (Lipinski definition) is 5. The zero-order valence-corrected chi connectivity index (χ0v) is 19.7. The van der Waals surface area contributed by atoms with Crippen LogP contribution in [0.5, 0.6) is 0 Å². The predicted molar refractivity (Wildman–Crippen MR) is 131 cm³/mol. The van der Waals surface area contributed by atoms with Gasteiger partial charge in [0.15, 0.2) is 5.13 Å². The fourth-order valence-electron chi connectivity index (χ4n) is 3.36. The zero-order chi connectivity index (χ0) is 23.8. The Hall–Kier alpha value is -3.72. The summed E-state index contributed by atoms with van der Waals surface area (Å²) in [6, 6.07) is 10.8. The SMILES string of the molecule is Cn1c(=O)ccc2ccc(-c3csc(NC(=O)CNC(=O)c4ccn(C(C)(C)C)c4)n3)cc21. The van der Waals surface area contributed by atoms with Gasteiger partial charge in [0.1, 0.15) is 0 Å². The summed E-state index contributed by atoms with van der Waals surface area (Å²) in [6.45, 7) is 5.97. The number of aromatic nitrogens is 3. The highest BCUT2D eigenvalue weighted by Crippen LogP contribution is 2.27. The molecule has 0 aliphatic carbocycles. The van der Waals surface area contributed by atoms with Gasteiger partial charge in [-0.3, -0.25) is 14.4 Å². The fraction of sp³-hybridized carbons (Fsp3) is 0.250. The van der Waals surface area contributed by atoms with Gasteiger partial charge in [-0.25, -0.2) is 4.98 Å². The van der Waals surface area contributed by atoms with Crippen molar-refractivity contribution in [2.45, 2.75) is 26.3 Å². The number of anilines is 1. The molecule has 4 aromatic rings. The molecule has 1 aromatic carbocycles. The molecule has 0 fully saturated rings. The van der Waals surface area contributed by atoms with Crippen molar-refractivity contribution < 1.29 is 9.59 Å². The number of thiazole rings is 1. The Labute approximate surface area is 194 Å². The molecule has 8 nitrogen and oxygen atoms in total. The molecular formula is C24H25N5O3S. The number of nitrogens with zero attached hydrogens (tertiary/aromatic N) is 3. The van der Waals surface area contributed by atoms with Gasteiger partial charge in [-0.05, 0) is 44.4 Å². The molecule has 0 saturated carbocycles. The van der Waals surface area contributed by atoms with Gasteiger partial charge in [-0.1, -0.05) is 12.1 Å². The molecule has 3 aromatic heterocycles. The van der Waals surface area contributed by atoms with Gasteiger partial charge >= 0.3 is 0 Å². The van der Waals surface area contributed by atoms with Crippen molar-refractivity contribution in [1.82, 2.24) is 19.4 Å². The molecular weight excluding hydrogens is 438 g/mol. The van der Waals surface area contributed by atoms with E-state index >= 15 is 0 Å². The highest BCUT2D eigenvalue weighted by molar-refractivity contribution is 7.14. The summed E-state index contributed by atoms with van der Waals surface area (Å²) in [4.78, 5) is 41.1. The normalized spacial score (nSPS) is 11.5. The number of rotatable bonds is 5. The molecule has 0 aliphatic heterocycles. The third-order valence-electron chi connectivity index (χ3n) is 5.31. The summed E-state index contributed by atoms with van der Waals surface area (Å²) in [5.74, 6) is -0.671. The second-order valence-electron chi connectivity index (χ2n) is 8.75. The van der Waals surface area contributed by atoms with Crippen LogP contribution in [0.1, 0.15) is 31.1 Å². The van der Waals surface area contributed by atoms with Crippen molar-refractivity contribution in [2.24, 2.45) is 7.05 Å². The van der Waals surface area contributed by atoms with Gasteiger partial charge in [-0.15, -0.1) is 11.3 Å². The molecule has 4 rings (SSSR count). The average Bonchev–Trinajstić information content (AvgIpc) is 3.44. The summed E-state index contributed by atoms with van der Waals surface area (Å²) in [6.07, 6.45) is 3.61. The number of nitrogens with one attached hydrogen (secondary N) is 2. The van der Waals surface area contributed by atoms with E-state index in [9.17, 15) is 14.4 Å². The van der Waals surface area contributed by atoms with Gasteiger partial charge in [0.05, 0.1) is 23.3 Å². The van der Waals surface area contributed by atoms with Crippen molar-refractivity contribution in [1.29, 1.82) is 0 Å². The number of hydrogen-bond donors (Lipinski definition) is 2. The van der Waals surface area contributed by atoms with E-state index in [2.05, 4.69) is 15.6 Å². The molecule has 0 radical (unpaired) electrons. The van der Waals surface area contributed by atoms with E-state index in [-0.39, 0.29) is 29.5 Å². The summed E-state index contributed by atoms with van der Waals surface area (Å²) < 4.78 is 3.54. The number of carbonyl (C=O) groups is 2. The van der Waals surface area contributed by atoms with Crippen LogP contribution in [0.15, 0.2) is 59.0 Å². The lowest BCUT2D eigenvalue weighted by molar-refractivity contribution is -0.115. The first-order chi connectivity index (χ1) is 15.6. The molecule has 0 atom stereocenters. The number of fused-ring (bicyclic) bond motifs is 1. The standard InChI is InChI=1S/C24H25N5O3S/c1-24(2,3)29-10-9-17(13-29)22(32)25-12-20(30)27-23-26-18(14-33-23)16-6-5-15-7-8-21(31)28(4)19(15)11-16/h5-11,13-14H,12H2,1-4H3,(H,25,32)(H,26,27,30). The molecule has 0 bridgehead atoms. The van der Waals surface area contributed by atoms with Gasteiger partial charge < -0.3 is 19.8 Å². The minimum absolute atomic E-state index is 0.0806. The maximum absolute atomic E-state index is 12.3. The summed E-state index contributed by atoms with van der Waals surface area (Å²) in [5.41, 5.74) is 2.64. The first kappa shape index (κ1) is 22.5. The largest absolute Gasteiger partial charge is 0.348 e. The van der Waals surface area contributed by atoms with Crippen molar-refractivity contribution in [2.75, 3.05) is 11.9 Å². The second kappa shape index (κ2) is 8.67. The van der Waals surface area contributed by atoms with E-state index in [1.54, 1.807) is 29.9 Å². The molecule has 2 amide bonds. The number of pyridine rings is 1. The van der Waals surface area contributed by atoms with E-state index in [1.165, 1.54) is 17.4 Å². The quantitative estimate of drug-likeness (QED) is 0.473. The van der Waals surface area contributed by atoms with Crippen LogP contribution >= 0.6 is 11.3 Å². The minimum Gasteiger partial charge on any atom is -0.348 e. The molecule has 33 heavy (non-hydrogen) atoms. The molecule has 0 aliphatic rings. The molecule has 0 saturated heterocycles. The Morgan fingerprint density at radius 1 is 1.12 bits per heavy atom. The van der Waals surface area contributed by atoms with Crippen LogP contribution < -0.4 is 16.2 Å². The van der Waals surface area contributed by atoms with E-state index in [0.29, 0.717) is 16.4 Å². The summed E-state index contributed by atoms with van der Waals surface area (Å²) >= 11 is 1.29. The third kappa shape index (κ3) is 4.88. The molecule has 3 heterocycles. The predicted octanol–water partition coefficient (Wildman–Crippen LogP) is 3.59. The van der Waals surface area contributed by atoms with E-state index in [1.807, 2.05) is 55.1 Å². The van der Waals surface area contributed by atoms with Crippen LogP contribution in [0.4, 0.5) is 5.13 Å². The Morgan fingerprint density at radius 3 is 2.61 bits per heavy atom. The summed E-state index contributed by atoms with van der Waals surface area (Å²) in [7, 11) is 1.73. The molecule has 2 N–H and O–H groups in total. The van der Waals surface area contributed by atoms with Crippen LogP contribution in [0.2, 0.25) is 0 Å². The zero-order valence-electron chi connectivity index (χ0n) is 18.9.